The highest BCUT2D eigenvalue weighted by molar-refractivity contribution is 7.89. The van der Waals surface area contributed by atoms with Gasteiger partial charge in [-0.3, -0.25) is 4.98 Å². The molecular weight excluding hydrogens is 439 g/mol. The summed E-state index contributed by atoms with van der Waals surface area (Å²) >= 11 is 0. The average molecular weight is 467 g/mol. The van der Waals surface area contributed by atoms with Crippen LogP contribution in [-0.2, 0) is 27.8 Å². The van der Waals surface area contributed by atoms with Gasteiger partial charge in [-0.1, -0.05) is 30.3 Å². The molecule has 33 heavy (non-hydrogen) atoms. The average Bonchev–Trinajstić information content (AvgIpc) is 2.80. The van der Waals surface area contributed by atoms with E-state index < -0.39 is 9.84 Å². The van der Waals surface area contributed by atoms with E-state index in [1.807, 2.05) is 24.3 Å². The summed E-state index contributed by atoms with van der Waals surface area (Å²) in [5.41, 5.74) is 3.83. The molecule has 2 aromatic carbocycles. The Morgan fingerprint density at radius 2 is 1.76 bits per heavy atom. The normalized spacial score (nSPS) is 17.4. The third-order valence-electron chi connectivity index (χ3n) is 6.63. The van der Waals surface area contributed by atoms with E-state index >= 15 is 0 Å². The number of rotatable bonds is 5. The van der Waals surface area contributed by atoms with Crippen LogP contribution in [0.2, 0.25) is 0 Å². The zero-order chi connectivity index (χ0) is 22.9. The Kier molecular flexibility index (Phi) is 5.93. The van der Waals surface area contributed by atoms with Gasteiger partial charge in [0.1, 0.15) is 17.2 Å². The van der Waals surface area contributed by atoms with Crippen LogP contribution in [0.3, 0.4) is 0 Å². The van der Waals surface area contributed by atoms with Crippen molar-refractivity contribution < 1.29 is 17.5 Å². The lowest BCUT2D eigenvalue weighted by Gasteiger charge is -2.42. The number of fused-ring (bicyclic) bond motifs is 1. The molecule has 0 aliphatic carbocycles. The Hall–Kier alpha value is -2.77. The monoisotopic (exact) mass is 466 g/mol. The molecular formula is C26H27FN2O3S. The molecule has 1 aromatic heterocycles. The third-order valence-corrected chi connectivity index (χ3v) is 8.15. The van der Waals surface area contributed by atoms with Crippen molar-refractivity contribution in [1.29, 1.82) is 0 Å². The fraction of sp³-hybridized carbons (Fsp3) is 0.346. The molecule has 1 spiro atoms. The Morgan fingerprint density at radius 3 is 2.55 bits per heavy atom. The number of halogens is 1. The number of nitrogens with zero attached hydrogens (tertiary/aromatic N) is 1. The molecule has 7 heteroatoms. The van der Waals surface area contributed by atoms with Gasteiger partial charge in [-0.2, -0.15) is 0 Å². The van der Waals surface area contributed by atoms with Gasteiger partial charge < -0.3 is 10.1 Å². The standard InChI is InChI=1S/C26H27FN2O3S/c27-21-8-6-19(7-9-21)17-33(30,31)18-20-3-2-14-29-25(20)23-4-1-5-24-22(23)10-11-26(32-24)12-15-28-16-13-26/h1-9,14,28H,10-13,15-18H2. The summed E-state index contributed by atoms with van der Waals surface area (Å²) in [6, 6.07) is 15.1. The molecule has 0 unspecified atom stereocenters. The number of piperidine rings is 1. The maximum Gasteiger partial charge on any atom is 0.158 e. The summed E-state index contributed by atoms with van der Waals surface area (Å²) in [5.74, 6) is 0.224. The van der Waals surface area contributed by atoms with Gasteiger partial charge in [0.15, 0.2) is 9.84 Å². The largest absolute Gasteiger partial charge is 0.487 e. The molecule has 1 saturated heterocycles. The summed E-state index contributed by atoms with van der Waals surface area (Å²) in [7, 11) is -3.48. The maximum absolute atomic E-state index is 13.2. The lowest BCUT2D eigenvalue weighted by atomic mass is 9.82. The minimum Gasteiger partial charge on any atom is -0.487 e. The molecule has 1 fully saturated rings. The van der Waals surface area contributed by atoms with Crippen LogP contribution in [0.15, 0.2) is 60.8 Å². The molecule has 0 atom stereocenters. The number of ether oxygens (including phenoxy) is 1. The number of aromatic nitrogens is 1. The molecule has 5 nitrogen and oxygen atoms in total. The molecule has 1 N–H and O–H groups in total. The zero-order valence-electron chi connectivity index (χ0n) is 18.4. The lowest BCUT2D eigenvalue weighted by molar-refractivity contribution is 0.0171. The summed E-state index contributed by atoms with van der Waals surface area (Å²) in [4.78, 5) is 4.58. The molecule has 3 aromatic rings. The number of hydrogen-bond donors (Lipinski definition) is 1. The first-order chi connectivity index (χ1) is 15.9. The van der Waals surface area contributed by atoms with E-state index in [4.69, 9.17) is 4.74 Å². The molecule has 5 rings (SSSR count). The van der Waals surface area contributed by atoms with Crippen molar-refractivity contribution in [2.75, 3.05) is 13.1 Å². The molecule has 3 heterocycles. The van der Waals surface area contributed by atoms with Crippen LogP contribution in [0.1, 0.15) is 36.0 Å². The second-order valence-electron chi connectivity index (χ2n) is 8.99. The Balaban J connectivity index is 1.44. The van der Waals surface area contributed by atoms with Gasteiger partial charge in [0.25, 0.3) is 0 Å². The predicted molar refractivity (Wildman–Crippen MR) is 126 cm³/mol. The number of nitrogens with one attached hydrogen (secondary N) is 1. The molecule has 172 valence electrons. The van der Waals surface area contributed by atoms with E-state index in [2.05, 4.69) is 10.3 Å². The first kappa shape index (κ1) is 22.0. The van der Waals surface area contributed by atoms with Crippen molar-refractivity contribution in [2.45, 2.75) is 42.8 Å². The molecule has 0 saturated carbocycles. The van der Waals surface area contributed by atoms with Crippen molar-refractivity contribution in [2.24, 2.45) is 0 Å². The van der Waals surface area contributed by atoms with Crippen molar-refractivity contribution in [3.63, 3.8) is 0 Å². The van der Waals surface area contributed by atoms with Gasteiger partial charge in [-0.15, -0.1) is 0 Å². The molecule has 0 bridgehead atoms. The van der Waals surface area contributed by atoms with Gasteiger partial charge >= 0.3 is 0 Å². The Bertz CT molecular complexity index is 1250. The Labute approximate surface area is 193 Å². The van der Waals surface area contributed by atoms with Gasteiger partial charge in [-0.05, 0) is 74.2 Å². The fourth-order valence-electron chi connectivity index (χ4n) is 4.93. The van der Waals surface area contributed by atoms with Gasteiger partial charge in [0, 0.05) is 17.3 Å². The second-order valence-corrected chi connectivity index (χ2v) is 11.1. The predicted octanol–water partition coefficient (Wildman–Crippen LogP) is 4.45. The van der Waals surface area contributed by atoms with Crippen molar-refractivity contribution in [3.05, 3.63) is 83.3 Å². The van der Waals surface area contributed by atoms with Crippen LogP contribution in [0.4, 0.5) is 4.39 Å². The number of sulfone groups is 1. The van der Waals surface area contributed by atoms with Crippen molar-refractivity contribution in [3.8, 4) is 17.0 Å². The smallest absolute Gasteiger partial charge is 0.158 e. The first-order valence-corrected chi connectivity index (χ1v) is 13.2. The summed E-state index contributed by atoms with van der Waals surface area (Å²) in [5, 5.41) is 3.40. The minimum atomic E-state index is -3.48. The highest BCUT2D eigenvalue weighted by atomic mass is 32.2. The van der Waals surface area contributed by atoms with Crippen LogP contribution in [0, 0.1) is 5.82 Å². The third kappa shape index (κ3) is 4.80. The summed E-state index contributed by atoms with van der Waals surface area (Å²) in [6.07, 6.45) is 5.51. The SMILES string of the molecule is O=S(=O)(Cc1ccc(F)cc1)Cc1cccnc1-c1cccc2c1CCC1(CCNCC1)O2. The second kappa shape index (κ2) is 8.88. The van der Waals surface area contributed by atoms with Crippen LogP contribution in [-0.4, -0.2) is 32.1 Å². The van der Waals surface area contributed by atoms with E-state index in [-0.39, 0.29) is 22.9 Å². The van der Waals surface area contributed by atoms with E-state index in [1.54, 1.807) is 12.3 Å². The number of pyridine rings is 1. The van der Waals surface area contributed by atoms with Crippen LogP contribution in [0.25, 0.3) is 11.3 Å². The quantitative estimate of drug-likeness (QED) is 0.602. The van der Waals surface area contributed by atoms with Crippen LogP contribution < -0.4 is 10.1 Å². The van der Waals surface area contributed by atoms with Crippen LogP contribution in [0.5, 0.6) is 5.75 Å². The summed E-state index contributed by atoms with van der Waals surface area (Å²) in [6.45, 7) is 1.93. The molecule has 0 amide bonds. The summed E-state index contributed by atoms with van der Waals surface area (Å²) < 4.78 is 45.7. The van der Waals surface area contributed by atoms with E-state index in [0.717, 1.165) is 55.6 Å². The molecule has 0 radical (unpaired) electrons. The maximum atomic E-state index is 13.2. The van der Waals surface area contributed by atoms with E-state index in [1.165, 1.54) is 24.3 Å². The topological polar surface area (TPSA) is 68.3 Å². The minimum absolute atomic E-state index is 0.109. The fourth-order valence-corrected chi connectivity index (χ4v) is 6.44. The van der Waals surface area contributed by atoms with Crippen LogP contribution >= 0.6 is 0 Å². The first-order valence-electron chi connectivity index (χ1n) is 11.3. The molecule has 2 aliphatic rings. The highest BCUT2D eigenvalue weighted by Gasteiger charge is 2.38. The lowest BCUT2D eigenvalue weighted by Crippen LogP contribution is -2.48. The van der Waals surface area contributed by atoms with Crippen molar-refractivity contribution >= 4 is 9.84 Å². The van der Waals surface area contributed by atoms with Crippen molar-refractivity contribution in [1.82, 2.24) is 10.3 Å². The van der Waals surface area contributed by atoms with Gasteiger partial charge in [0.05, 0.1) is 17.2 Å². The zero-order valence-corrected chi connectivity index (χ0v) is 19.2. The van der Waals surface area contributed by atoms with E-state index in [0.29, 0.717) is 16.8 Å². The number of hydrogen-bond acceptors (Lipinski definition) is 5. The highest BCUT2D eigenvalue weighted by Crippen LogP contribution is 2.42. The molecule has 2 aliphatic heterocycles. The van der Waals surface area contributed by atoms with Gasteiger partial charge in [-0.25, -0.2) is 12.8 Å². The van der Waals surface area contributed by atoms with Gasteiger partial charge in [0.2, 0.25) is 0 Å². The Morgan fingerprint density at radius 1 is 0.970 bits per heavy atom. The number of benzene rings is 2. The van der Waals surface area contributed by atoms with E-state index in [9.17, 15) is 12.8 Å².